The zero-order valence-corrected chi connectivity index (χ0v) is 16.3. The van der Waals surface area contributed by atoms with Crippen molar-refractivity contribution in [2.75, 3.05) is 32.1 Å². The third-order valence-corrected chi connectivity index (χ3v) is 6.67. The number of fused-ring (bicyclic) bond motifs is 1. The number of thioether (sulfide) groups is 1. The average Bonchev–Trinajstić information content (AvgIpc) is 3.36. The number of ether oxygens (including phenoxy) is 2. The number of rotatable bonds is 5. The maximum Gasteiger partial charge on any atom is 0.318 e. The van der Waals surface area contributed by atoms with E-state index >= 15 is 0 Å². The van der Waals surface area contributed by atoms with E-state index in [9.17, 15) is 9.18 Å². The van der Waals surface area contributed by atoms with Crippen molar-refractivity contribution in [1.29, 1.82) is 0 Å². The van der Waals surface area contributed by atoms with Gasteiger partial charge >= 0.3 is 6.03 Å². The number of hydrogen-bond acceptors (Lipinski definition) is 4. The van der Waals surface area contributed by atoms with E-state index in [0.29, 0.717) is 18.0 Å². The van der Waals surface area contributed by atoms with Gasteiger partial charge in [-0.15, -0.1) is 11.8 Å². The van der Waals surface area contributed by atoms with Crippen molar-refractivity contribution in [3.63, 3.8) is 0 Å². The van der Waals surface area contributed by atoms with E-state index in [-0.39, 0.29) is 30.1 Å². The van der Waals surface area contributed by atoms with Crippen molar-refractivity contribution in [3.05, 3.63) is 29.6 Å². The van der Waals surface area contributed by atoms with Gasteiger partial charge in [0.1, 0.15) is 5.82 Å². The molecule has 0 radical (unpaired) electrons. The van der Waals surface area contributed by atoms with Gasteiger partial charge in [-0.25, -0.2) is 9.18 Å². The van der Waals surface area contributed by atoms with Crippen LogP contribution in [0.4, 0.5) is 9.18 Å². The van der Waals surface area contributed by atoms with Gasteiger partial charge in [-0.2, -0.15) is 0 Å². The molecular formula is C20H27FN2O3S. The molecule has 2 fully saturated rings. The second-order valence-corrected chi connectivity index (χ2v) is 8.58. The Morgan fingerprint density at radius 1 is 1.15 bits per heavy atom. The van der Waals surface area contributed by atoms with Crippen LogP contribution in [-0.4, -0.2) is 55.2 Å². The first-order chi connectivity index (χ1) is 13.2. The van der Waals surface area contributed by atoms with Crippen LogP contribution in [0.2, 0.25) is 0 Å². The molecule has 1 aromatic carbocycles. The maximum absolute atomic E-state index is 14.1. The highest BCUT2D eigenvalue weighted by molar-refractivity contribution is 7.99. The van der Waals surface area contributed by atoms with Gasteiger partial charge in [0.05, 0.1) is 18.2 Å². The lowest BCUT2D eigenvalue weighted by Crippen LogP contribution is -2.48. The van der Waals surface area contributed by atoms with Crippen LogP contribution in [-0.2, 0) is 9.47 Å². The van der Waals surface area contributed by atoms with Crippen molar-refractivity contribution in [1.82, 2.24) is 10.2 Å². The Balaban J connectivity index is 1.45. The molecule has 0 saturated carbocycles. The largest absolute Gasteiger partial charge is 0.376 e. The molecule has 27 heavy (non-hydrogen) atoms. The highest BCUT2D eigenvalue weighted by Crippen LogP contribution is 2.37. The summed E-state index contributed by atoms with van der Waals surface area (Å²) in [5, 5.41) is 3.15. The summed E-state index contributed by atoms with van der Waals surface area (Å²) in [6.45, 7) is 2.71. The summed E-state index contributed by atoms with van der Waals surface area (Å²) in [6.07, 6.45) is 5.08. The van der Waals surface area contributed by atoms with Crippen molar-refractivity contribution in [2.24, 2.45) is 0 Å². The van der Waals surface area contributed by atoms with E-state index in [1.807, 2.05) is 11.0 Å². The molecule has 0 aromatic heterocycles. The Morgan fingerprint density at radius 2 is 1.85 bits per heavy atom. The van der Waals surface area contributed by atoms with Crippen molar-refractivity contribution in [2.45, 2.75) is 55.2 Å². The zero-order chi connectivity index (χ0) is 18.6. The average molecular weight is 395 g/mol. The Morgan fingerprint density at radius 3 is 2.48 bits per heavy atom. The molecule has 3 aliphatic heterocycles. The maximum atomic E-state index is 14.1. The van der Waals surface area contributed by atoms with E-state index < -0.39 is 0 Å². The van der Waals surface area contributed by atoms with E-state index in [0.717, 1.165) is 56.6 Å². The number of hydrogen-bond donors (Lipinski definition) is 1. The molecule has 0 unspecified atom stereocenters. The van der Waals surface area contributed by atoms with Crippen LogP contribution < -0.4 is 5.32 Å². The monoisotopic (exact) mass is 394 g/mol. The third-order valence-electron chi connectivity index (χ3n) is 5.51. The minimum absolute atomic E-state index is 0.101. The molecule has 148 valence electrons. The molecule has 3 atom stereocenters. The SMILES string of the molecule is O=C(N[C@@H]1CCSc2c(F)cccc21)N(C[C@@H]1CCCO1)C[C@@H]1CCCO1. The van der Waals surface area contributed by atoms with E-state index in [4.69, 9.17) is 9.47 Å². The highest BCUT2D eigenvalue weighted by Gasteiger charge is 2.30. The summed E-state index contributed by atoms with van der Waals surface area (Å²) in [5.41, 5.74) is 0.883. The molecule has 7 heteroatoms. The van der Waals surface area contributed by atoms with E-state index in [2.05, 4.69) is 5.32 Å². The molecule has 1 aromatic rings. The van der Waals surface area contributed by atoms with Crippen molar-refractivity contribution >= 4 is 17.8 Å². The fraction of sp³-hybridized carbons (Fsp3) is 0.650. The molecule has 5 nitrogen and oxygen atoms in total. The van der Waals surface area contributed by atoms with Gasteiger partial charge in [-0.05, 0) is 43.7 Å². The predicted octanol–water partition coefficient (Wildman–Crippen LogP) is 3.73. The van der Waals surface area contributed by atoms with Crippen LogP contribution in [0.25, 0.3) is 0 Å². The minimum atomic E-state index is -0.202. The fourth-order valence-electron chi connectivity index (χ4n) is 4.09. The molecule has 3 aliphatic rings. The van der Waals surface area contributed by atoms with Crippen LogP contribution in [0.15, 0.2) is 23.1 Å². The number of nitrogens with zero attached hydrogens (tertiary/aromatic N) is 1. The Bertz CT molecular complexity index is 645. The lowest BCUT2D eigenvalue weighted by molar-refractivity contribution is 0.0492. The number of carbonyl (C=O) groups is 1. The summed E-state index contributed by atoms with van der Waals surface area (Å²) in [4.78, 5) is 15.6. The standard InChI is InChI=1S/C20H27FN2O3S/c21-17-7-1-6-16-18(8-11-27-19(16)17)22-20(24)23(12-14-4-2-9-25-14)13-15-5-3-10-26-15/h1,6-7,14-15,18H,2-5,8-13H2,(H,22,24)/t14-,15-,18+/m0/s1. The van der Waals surface area contributed by atoms with Gasteiger partial charge in [-0.3, -0.25) is 0 Å². The molecule has 2 saturated heterocycles. The summed E-state index contributed by atoms with van der Waals surface area (Å²) < 4.78 is 25.6. The van der Waals surface area contributed by atoms with Gasteiger partial charge in [0.25, 0.3) is 0 Å². The van der Waals surface area contributed by atoms with E-state index in [1.54, 1.807) is 6.07 Å². The molecule has 2 amide bonds. The molecule has 0 aliphatic carbocycles. The molecule has 1 N–H and O–H groups in total. The third kappa shape index (κ3) is 4.58. The first-order valence-electron chi connectivity index (χ1n) is 9.90. The van der Waals surface area contributed by atoms with Crippen LogP contribution in [0.5, 0.6) is 0 Å². The number of carbonyl (C=O) groups excluding carboxylic acids is 1. The zero-order valence-electron chi connectivity index (χ0n) is 15.5. The number of nitrogens with one attached hydrogen (secondary N) is 1. The molecule has 3 heterocycles. The number of halogens is 1. The van der Waals surface area contributed by atoms with Crippen LogP contribution in [0.3, 0.4) is 0 Å². The molecular weight excluding hydrogens is 367 g/mol. The predicted molar refractivity (Wildman–Crippen MR) is 103 cm³/mol. The van der Waals surface area contributed by atoms with Gasteiger partial charge in [0, 0.05) is 37.0 Å². The normalized spacial score (nSPS) is 27.4. The van der Waals surface area contributed by atoms with Gasteiger partial charge in [0.15, 0.2) is 0 Å². The number of benzene rings is 1. The van der Waals surface area contributed by atoms with Crippen molar-refractivity contribution < 1.29 is 18.7 Å². The minimum Gasteiger partial charge on any atom is -0.376 e. The molecule has 0 spiro atoms. The first-order valence-corrected chi connectivity index (χ1v) is 10.9. The lowest BCUT2D eigenvalue weighted by atomic mass is 10.0. The lowest BCUT2D eigenvalue weighted by Gasteiger charge is -2.32. The summed E-state index contributed by atoms with van der Waals surface area (Å²) in [5.74, 6) is 0.600. The van der Waals surface area contributed by atoms with Crippen LogP contribution >= 0.6 is 11.8 Å². The molecule has 4 rings (SSSR count). The first kappa shape index (κ1) is 19.0. The topological polar surface area (TPSA) is 50.8 Å². The number of urea groups is 1. The fourth-order valence-corrected chi connectivity index (χ4v) is 5.23. The Hall–Kier alpha value is -1.31. The van der Waals surface area contributed by atoms with Gasteiger partial charge in [0.2, 0.25) is 0 Å². The number of amides is 2. The van der Waals surface area contributed by atoms with E-state index in [1.165, 1.54) is 17.8 Å². The Labute approximate surface area is 164 Å². The summed E-state index contributed by atoms with van der Waals surface area (Å²) >= 11 is 1.53. The highest BCUT2D eigenvalue weighted by atomic mass is 32.2. The van der Waals surface area contributed by atoms with Gasteiger partial charge in [-0.1, -0.05) is 12.1 Å². The van der Waals surface area contributed by atoms with Gasteiger partial charge < -0.3 is 19.7 Å². The summed E-state index contributed by atoms with van der Waals surface area (Å²) in [7, 11) is 0. The van der Waals surface area contributed by atoms with Crippen LogP contribution in [0.1, 0.15) is 43.7 Å². The second kappa shape index (κ2) is 8.80. The quantitative estimate of drug-likeness (QED) is 0.827. The van der Waals surface area contributed by atoms with Crippen molar-refractivity contribution in [3.8, 4) is 0 Å². The smallest absolute Gasteiger partial charge is 0.318 e. The summed E-state index contributed by atoms with van der Waals surface area (Å²) in [6, 6.07) is 4.86. The van der Waals surface area contributed by atoms with Crippen LogP contribution in [0, 0.1) is 5.82 Å². The second-order valence-electron chi connectivity index (χ2n) is 7.47. The molecule has 0 bridgehead atoms. The Kier molecular flexibility index (Phi) is 6.20.